The maximum Gasteiger partial charge on any atom is 0.306 e. The number of nitrogens with two attached hydrogens (primary N) is 1. The third-order valence-corrected chi connectivity index (χ3v) is 4.27. The zero-order valence-electron chi connectivity index (χ0n) is 9.85. The number of hydrogen-bond acceptors (Lipinski definition) is 5. The van der Waals surface area contributed by atoms with E-state index in [0.717, 1.165) is 0 Å². The molecule has 2 N–H and O–H groups in total. The third-order valence-electron chi connectivity index (χ3n) is 2.36. The van der Waals surface area contributed by atoms with Crippen molar-refractivity contribution in [3.8, 4) is 0 Å². The normalized spacial score (nSPS) is 11.2. The fourth-order valence-electron chi connectivity index (χ4n) is 1.36. The van der Waals surface area contributed by atoms with Crippen LogP contribution in [0.4, 0.5) is 5.69 Å². The molecular formula is C11H14ClNO4S. The predicted molar refractivity (Wildman–Crippen MR) is 70.0 cm³/mol. The van der Waals surface area contributed by atoms with Gasteiger partial charge in [-0.25, -0.2) is 8.42 Å². The lowest BCUT2D eigenvalue weighted by Crippen LogP contribution is -2.15. The molecular weight excluding hydrogens is 278 g/mol. The van der Waals surface area contributed by atoms with E-state index in [1.807, 2.05) is 0 Å². The van der Waals surface area contributed by atoms with Crippen LogP contribution in [0.5, 0.6) is 0 Å². The summed E-state index contributed by atoms with van der Waals surface area (Å²) in [5.74, 6) is -1.13. The van der Waals surface area contributed by atoms with E-state index in [0.29, 0.717) is 16.3 Å². The second-order valence-corrected chi connectivity index (χ2v) is 6.32. The number of carbonyl (C=O) groups excluding carboxylic acids is 1. The summed E-state index contributed by atoms with van der Waals surface area (Å²) in [5.41, 5.74) is 6.36. The lowest BCUT2D eigenvalue weighted by atomic mass is 10.2. The topological polar surface area (TPSA) is 86.5 Å². The maximum atomic E-state index is 11.8. The highest BCUT2D eigenvalue weighted by atomic mass is 35.5. The van der Waals surface area contributed by atoms with Gasteiger partial charge in [0.2, 0.25) is 0 Å². The monoisotopic (exact) mass is 291 g/mol. The molecule has 0 bridgehead atoms. The fraction of sp³-hybridized carbons (Fsp3) is 0.364. The average Bonchev–Trinajstić information content (AvgIpc) is 2.31. The number of anilines is 1. The number of esters is 1. The number of sulfone groups is 1. The molecule has 1 aromatic rings. The van der Waals surface area contributed by atoms with Crippen molar-refractivity contribution in [1.82, 2.24) is 0 Å². The number of carbonyl (C=O) groups is 1. The van der Waals surface area contributed by atoms with Gasteiger partial charge >= 0.3 is 5.97 Å². The highest BCUT2D eigenvalue weighted by Gasteiger charge is 2.18. The number of halogens is 1. The zero-order chi connectivity index (χ0) is 13.8. The minimum Gasteiger partial charge on any atom is -0.469 e. The van der Waals surface area contributed by atoms with Crippen LogP contribution >= 0.6 is 11.6 Å². The summed E-state index contributed by atoms with van der Waals surface area (Å²) >= 11 is 5.89. The van der Waals surface area contributed by atoms with Gasteiger partial charge in [-0.05, 0) is 12.1 Å². The zero-order valence-corrected chi connectivity index (χ0v) is 11.4. The second-order valence-electron chi connectivity index (χ2n) is 3.73. The van der Waals surface area contributed by atoms with Crippen molar-refractivity contribution < 1.29 is 17.9 Å². The Kier molecular flexibility index (Phi) is 4.98. The molecule has 0 aliphatic heterocycles. The van der Waals surface area contributed by atoms with Crippen LogP contribution in [0.3, 0.4) is 0 Å². The van der Waals surface area contributed by atoms with Crippen LogP contribution in [0.1, 0.15) is 12.0 Å². The molecule has 18 heavy (non-hydrogen) atoms. The molecule has 100 valence electrons. The van der Waals surface area contributed by atoms with Crippen molar-refractivity contribution in [2.24, 2.45) is 0 Å². The van der Waals surface area contributed by atoms with Crippen LogP contribution < -0.4 is 5.73 Å². The molecule has 0 aromatic heterocycles. The van der Waals surface area contributed by atoms with Crippen molar-refractivity contribution in [2.45, 2.75) is 12.2 Å². The highest BCUT2D eigenvalue weighted by Crippen LogP contribution is 2.24. The van der Waals surface area contributed by atoms with E-state index in [1.54, 1.807) is 18.2 Å². The lowest BCUT2D eigenvalue weighted by Gasteiger charge is -2.08. The number of benzene rings is 1. The van der Waals surface area contributed by atoms with E-state index in [1.165, 1.54) is 7.11 Å². The molecule has 1 aromatic carbocycles. The van der Waals surface area contributed by atoms with Crippen molar-refractivity contribution in [3.05, 3.63) is 28.8 Å². The highest BCUT2D eigenvalue weighted by molar-refractivity contribution is 7.90. The summed E-state index contributed by atoms with van der Waals surface area (Å²) < 4.78 is 28.0. The molecule has 1 rings (SSSR count). The summed E-state index contributed by atoms with van der Waals surface area (Å²) in [6.07, 6.45) is -0.177. The van der Waals surface area contributed by atoms with Crippen molar-refractivity contribution >= 4 is 33.1 Å². The van der Waals surface area contributed by atoms with Crippen LogP contribution in [-0.2, 0) is 25.1 Å². The van der Waals surface area contributed by atoms with Crippen LogP contribution in [0.15, 0.2) is 18.2 Å². The molecule has 0 unspecified atom stereocenters. The van der Waals surface area contributed by atoms with E-state index in [9.17, 15) is 13.2 Å². The smallest absolute Gasteiger partial charge is 0.306 e. The molecule has 0 aliphatic rings. The predicted octanol–water partition coefficient (Wildman–Crippen LogP) is 1.40. The molecule has 0 radical (unpaired) electrons. The van der Waals surface area contributed by atoms with E-state index in [4.69, 9.17) is 17.3 Å². The van der Waals surface area contributed by atoms with Crippen LogP contribution in [0, 0.1) is 0 Å². The minimum absolute atomic E-state index is 0.177. The van der Waals surface area contributed by atoms with Gasteiger partial charge in [0.25, 0.3) is 0 Å². The van der Waals surface area contributed by atoms with E-state index in [-0.39, 0.29) is 17.9 Å². The van der Waals surface area contributed by atoms with Gasteiger partial charge in [-0.2, -0.15) is 0 Å². The van der Waals surface area contributed by atoms with Gasteiger partial charge in [0, 0.05) is 16.3 Å². The van der Waals surface area contributed by atoms with Crippen molar-refractivity contribution in [3.63, 3.8) is 0 Å². The summed E-state index contributed by atoms with van der Waals surface area (Å²) in [6, 6.07) is 4.79. The average molecular weight is 292 g/mol. The minimum atomic E-state index is -3.45. The molecule has 0 fully saturated rings. The molecule has 0 atom stereocenters. The largest absolute Gasteiger partial charge is 0.469 e. The van der Waals surface area contributed by atoms with Crippen LogP contribution in [0.25, 0.3) is 0 Å². The third kappa shape index (κ3) is 4.19. The Bertz CT molecular complexity index is 522. The molecule has 5 nitrogen and oxygen atoms in total. The first-order valence-electron chi connectivity index (χ1n) is 5.16. The van der Waals surface area contributed by atoms with Crippen molar-refractivity contribution in [1.29, 1.82) is 0 Å². The van der Waals surface area contributed by atoms with Gasteiger partial charge < -0.3 is 10.5 Å². The van der Waals surface area contributed by atoms with Gasteiger partial charge in [0.15, 0.2) is 9.84 Å². The number of ether oxygens (including phenoxy) is 1. The van der Waals surface area contributed by atoms with Crippen molar-refractivity contribution in [2.75, 3.05) is 18.6 Å². The quantitative estimate of drug-likeness (QED) is 0.654. The lowest BCUT2D eigenvalue weighted by molar-refractivity contribution is -0.140. The summed E-state index contributed by atoms with van der Waals surface area (Å²) in [5, 5.41) is 0.302. The number of hydrogen-bond donors (Lipinski definition) is 1. The first-order chi connectivity index (χ1) is 8.35. The first-order valence-corrected chi connectivity index (χ1v) is 7.36. The maximum absolute atomic E-state index is 11.8. The summed E-state index contributed by atoms with van der Waals surface area (Å²) in [4.78, 5) is 10.9. The van der Waals surface area contributed by atoms with Crippen LogP contribution in [-0.4, -0.2) is 27.2 Å². The van der Waals surface area contributed by atoms with E-state index < -0.39 is 15.8 Å². The molecule has 0 saturated carbocycles. The fourth-order valence-corrected chi connectivity index (χ4v) is 3.07. The summed E-state index contributed by atoms with van der Waals surface area (Å²) in [7, 11) is -2.24. The van der Waals surface area contributed by atoms with Gasteiger partial charge in [0.1, 0.15) is 0 Å². The Hall–Kier alpha value is -1.27. The summed E-state index contributed by atoms with van der Waals surface area (Å²) in [6.45, 7) is 0. The van der Waals surface area contributed by atoms with Gasteiger partial charge in [-0.3, -0.25) is 4.79 Å². The second kappa shape index (κ2) is 6.06. The van der Waals surface area contributed by atoms with Gasteiger partial charge in [-0.1, -0.05) is 17.7 Å². The first kappa shape index (κ1) is 14.8. The number of methoxy groups -OCH3 is 1. The number of rotatable bonds is 5. The molecule has 0 amide bonds. The van der Waals surface area contributed by atoms with Gasteiger partial charge in [0.05, 0.1) is 25.0 Å². The molecule has 0 spiro atoms. The Balaban J connectivity index is 2.80. The standard InChI is InChI=1S/C11H14ClNO4S/c1-17-11(14)5-6-18(15,16)7-8-9(12)3-2-4-10(8)13/h2-4H,5-7,13H2,1H3. The Morgan fingerprint density at radius 3 is 2.67 bits per heavy atom. The molecule has 0 saturated heterocycles. The Morgan fingerprint density at radius 1 is 1.44 bits per heavy atom. The van der Waals surface area contributed by atoms with E-state index in [2.05, 4.69) is 4.74 Å². The molecule has 7 heteroatoms. The Labute approximate surface area is 111 Å². The number of nitrogen functional groups attached to an aromatic ring is 1. The molecule has 0 heterocycles. The SMILES string of the molecule is COC(=O)CCS(=O)(=O)Cc1c(N)cccc1Cl. The van der Waals surface area contributed by atoms with Crippen LogP contribution in [0.2, 0.25) is 5.02 Å². The van der Waals surface area contributed by atoms with E-state index >= 15 is 0 Å². The molecule has 0 aliphatic carbocycles. The van der Waals surface area contributed by atoms with Gasteiger partial charge in [-0.15, -0.1) is 0 Å². The Morgan fingerprint density at radius 2 is 2.11 bits per heavy atom.